The van der Waals surface area contributed by atoms with E-state index in [1.54, 1.807) is 0 Å². The number of amides is 2. The maximum Gasteiger partial charge on any atom is 0.229 e. The van der Waals surface area contributed by atoms with Gasteiger partial charge in [-0.15, -0.1) is 0 Å². The van der Waals surface area contributed by atoms with Crippen LogP contribution in [0.25, 0.3) is 0 Å². The van der Waals surface area contributed by atoms with Crippen molar-refractivity contribution in [1.29, 1.82) is 0 Å². The molecule has 4 rings (SSSR count). The normalized spacial score (nSPS) is 31.2. The molecule has 4 atom stereocenters. The van der Waals surface area contributed by atoms with Crippen LogP contribution in [0.15, 0.2) is 24.3 Å². The maximum atomic E-state index is 12.6. The van der Waals surface area contributed by atoms with E-state index in [9.17, 15) is 9.59 Å². The van der Waals surface area contributed by atoms with Crippen LogP contribution >= 0.6 is 0 Å². The van der Waals surface area contributed by atoms with Crippen LogP contribution in [0.4, 0.5) is 5.69 Å². The molecule has 4 nitrogen and oxygen atoms in total. The second-order valence-electron chi connectivity index (χ2n) is 8.46. The summed E-state index contributed by atoms with van der Waals surface area (Å²) in [5, 5.41) is 3.00. The Balaban J connectivity index is 1.37. The number of benzene rings is 1. The second kappa shape index (κ2) is 6.47. The standard InChI is InChI=1S/C21H28N2O2/c1-13(2)15-5-7-18(8-6-15)22-21(25)17-11-20(24)23(12-17)19-10-14-3-4-16(19)9-14/h5-8,13-14,16-17,19H,3-4,9-12H2,1-2H3,(H,22,25). The van der Waals surface area contributed by atoms with Gasteiger partial charge in [-0.05, 0) is 54.7 Å². The molecule has 0 spiro atoms. The third-order valence-corrected chi connectivity index (χ3v) is 6.48. The lowest BCUT2D eigenvalue weighted by atomic mass is 9.94. The lowest BCUT2D eigenvalue weighted by Gasteiger charge is -2.31. The van der Waals surface area contributed by atoms with Gasteiger partial charge in [0.05, 0.1) is 5.92 Å². The SMILES string of the molecule is CC(C)c1ccc(NC(=O)C2CC(=O)N(C3CC4CCC3C4)C2)cc1. The van der Waals surface area contributed by atoms with E-state index in [1.165, 1.54) is 24.8 Å². The van der Waals surface area contributed by atoms with Crippen molar-refractivity contribution in [2.75, 3.05) is 11.9 Å². The number of hydrogen-bond donors (Lipinski definition) is 1. The van der Waals surface area contributed by atoms with Crippen molar-refractivity contribution in [3.63, 3.8) is 0 Å². The van der Waals surface area contributed by atoms with Gasteiger partial charge in [-0.3, -0.25) is 9.59 Å². The number of nitrogens with one attached hydrogen (secondary N) is 1. The third kappa shape index (κ3) is 3.19. The largest absolute Gasteiger partial charge is 0.339 e. The van der Waals surface area contributed by atoms with Crippen LogP contribution in [0.1, 0.15) is 57.4 Å². The predicted octanol–water partition coefficient (Wildman–Crippen LogP) is 3.79. The number of fused-ring (bicyclic) bond motifs is 2. The van der Waals surface area contributed by atoms with Crippen molar-refractivity contribution in [1.82, 2.24) is 4.90 Å². The molecule has 25 heavy (non-hydrogen) atoms. The Hall–Kier alpha value is -1.84. The molecule has 2 saturated carbocycles. The minimum absolute atomic E-state index is 0.0173. The van der Waals surface area contributed by atoms with Crippen molar-refractivity contribution in [3.8, 4) is 0 Å². The molecule has 0 radical (unpaired) electrons. The molecule has 2 bridgehead atoms. The fourth-order valence-corrected chi connectivity index (χ4v) is 5.02. The number of anilines is 1. The Morgan fingerprint density at radius 1 is 1.16 bits per heavy atom. The van der Waals surface area contributed by atoms with Crippen LogP contribution in [-0.4, -0.2) is 29.3 Å². The van der Waals surface area contributed by atoms with E-state index < -0.39 is 0 Å². The summed E-state index contributed by atoms with van der Waals surface area (Å²) in [6.45, 7) is 4.91. The van der Waals surface area contributed by atoms with Gasteiger partial charge in [0.15, 0.2) is 0 Å². The number of rotatable bonds is 4. The molecule has 2 aliphatic carbocycles. The van der Waals surface area contributed by atoms with Crippen LogP contribution in [0.2, 0.25) is 0 Å². The first-order chi connectivity index (χ1) is 12.0. The van der Waals surface area contributed by atoms with Crippen LogP contribution < -0.4 is 5.32 Å². The van der Waals surface area contributed by atoms with Crippen molar-refractivity contribution in [2.45, 2.75) is 57.9 Å². The summed E-state index contributed by atoms with van der Waals surface area (Å²) in [4.78, 5) is 27.1. The van der Waals surface area contributed by atoms with E-state index in [4.69, 9.17) is 0 Å². The zero-order valence-corrected chi connectivity index (χ0v) is 15.2. The molecule has 4 unspecified atom stereocenters. The summed E-state index contributed by atoms with van der Waals surface area (Å²) < 4.78 is 0. The Labute approximate surface area is 150 Å². The Kier molecular flexibility index (Phi) is 4.30. The summed E-state index contributed by atoms with van der Waals surface area (Å²) >= 11 is 0. The van der Waals surface area contributed by atoms with Gasteiger partial charge in [0.25, 0.3) is 0 Å². The van der Waals surface area contributed by atoms with Gasteiger partial charge in [-0.2, -0.15) is 0 Å². The first kappa shape index (κ1) is 16.6. The summed E-state index contributed by atoms with van der Waals surface area (Å²) in [5.41, 5.74) is 2.08. The van der Waals surface area contributed by atoms with Gasteiger partial charge >= 0.3 is 0 Å². The summed E-state index contributed by atoms with van der Waals surface area (Å²) in [6.07, 6.45) is 5.40. The number of likely N-dealkylation sites (tertiary alicyclic amines) is 1. The van der Waals surface area contributed by atoms with Crippen LogP contribution in [0.5, 0.6) is 0 Å². The molecular formula is C21H28N2O2. The fraction of sp³-hybridized carbons (Fsp3) is 0.619. The number of carbonyl (C=O) groups excluding carboxylic acids is 2. The zero-order valence-electron chi connectivity index (χ0n) is 15.2. The van der Waals surface area contributed by atoms with E-state index >= 15 is 0 Å². The smallest absolute Gasteiger partial charge is 0.229 e. The van der Waals surface area contributed by atoms with E-state index in [-0.39, 0.29) is 17.7 Å². The van der Waals surface area contributed by atoms with Crippen molar-refractivity contribution in [2.24, 2.45) is 17.8 Å². The lowest BCUT2D eigenvalue weighted by molar-refractivity contribution is -0.130. The average molecular weight is 340 g/mol. The average Bonchev–Trinajstić information content (AvgIpc) is 3.30. The van der Waals surface area contributed by atoms with Gasteiger partial charge in [0.1, 0.15) is 0 Å². The van der Waals surface area contributed by atoms with Crippen molar-refractivity contribution in [3.05, 3.63) is 29.8 Å². The van der Waals surface area contributed by atoms with E-state index in [0.717, 1.165) is 18.0 Å². The highest BCUT2D eigenvalue weighted by Crippen LogP contribution is 2.47. The van der Waals surface area contributed by atoms with Gasteiger partial charge in [-0.25, -0.2) is 0 Å². The Morgan fingerprint density at radius 2 is 1.92 bits per heavy atom. The highest BCUT2D eigenvalue weighted by molar-refractivity contribution is 5.97. The van der Waals surface area contributed by atoms with E-state index in [1.807, 2.05) is 17.0 Å². The molecule has 2 amide bonds. The molecular weight excluding hydrogens is 312 g/mol. The van der Waals surface area contributed by atoms with Crippen LogP contribution in [-0.2, 0) is 9.59 Å². The van der Waals surface area contributed by atoms with Crippen molar-refractivity contribution < 1.29 is 9.59 Å². The first-order valence-corrected chi connectivity index (χ1v) is 9.71. The molecule has 1 N–H and O–H groups in total. The summed E-state index contributed by atoms with van der Waals surface area (Å²) in [6, 6.07) is 8.42. The van der Waals surface area contributed by atoms with Gasteiger partial charge < -0.3 is 10.2 Å². The van der Waals surface area contributed by atoms with Gasteiger partial charge in [0.2, 0.25) is 11.8 Å². The molecule has 4 heteroatoms. The fourth-order valence-electron chi connectivity index (χ4n) is 5.02. The number of hydrogen-bond acceptors (Lipinski definition) is 2. The third-order valence-electron chi connectivity index (χ3n) is 6.48. The Bertz CT molecular complexity index is 667. The minimum Gasteiger partial charge on any atom is -0.339 e. The second-order valence-corrected chi connectivity index (χ2v) is 8.46. The molecule has 3 aliphatic rings. The van der Waals surface area contributed by atoms with Gasteiger partial charge in [-0.1, -0.05) is 32.4 Å². The molecule has 1 heterocycles. The molecule has 0 aromatic heterocycles. The maximum absolute atomic E-state index is 12.6. The molecule has 1 aromatic carbocycles. The quantitative estimate of drug-likeness (QED) is 0.907. The summed E-state index contributed by atoms with van der Waals surface area (Å²) in [5.74, 6) is 1.92. The molecule has 134 valence electrons. The minimum atomic E-state index is -0.212. The number of carbonyl (C=O) groups is 2. The molecule has 1 aromatic rings. The van der Waals surface area contributed by atoms with Crippen LogP contribution in [0.3, 0.4) is 0 Å². The van der Waals surface area contributed by atoms with E-state index in [0.29, 0.717) is 30.8 Å². The van der Waals surface area contributed by atoms with Crippen LogP contribution in [0, 0.1) is 17.8 Å². The molecule has 3 fully saturated rings. The van der Waals surface area contributed by atoms with Crippen molar-refractivity contribution >= 4 is 17.5 Å². The molecule has 1 aliphatic heterocycles. The van der Waals surface area contributed by atoms with E-state index in [2.05, 4.69) is 31.3 Å². The monoisotopic (exact) mass is 340 g/mol. The zero-order chi connectivity index (χ0) is 17.6. The molecule has 1 saturated heterocycles. The first-order valence-electron chi connectivity index (χ1n) is 9.71. The summed E-state index contributed by atoms with van der Waals surface area (Å²) in [7, 11) is 0. The lowest BCUT2D eigenvalue weighted by Crippen LogP contribution is -2.40. The number of nitrogens with zero attached hydrogens (tertiary/aromatic N) is 1. The Morgan fingerprint density at radius 3 is 2.52 bits per heavy atom. The predicted molar refractivity (Wildman–Crippen MR) is 98.2 cm³/mol. The highest BCUT2D eigenvalue weighted by atomic mass is 16.2. The van der Waals surface area contributed by atoms with Gasteiger partial charge in [0, 0.05) is 24.7 Å². The highest BCUT2D eigenvalue weighted by Gasteiger charge is 2.47. The topological polar surface area (TPSA) is 49.4 Å².